The lowest BCUT2D eigenvalue weighted by Crippen LogP contribution is -2.42. The molecule has 3 amide bonds. The van der Waals surface area contributed by atoms with Crippen LogP contribution in [0.2, 0.25) is 0 Å². The van der Waals surface area contributed by atoms with Gasteiger partial charge in [0.15, 0.2) is 0 Å². The van der Waals surface area contributed by atoms with Crippen molar-refractivity contribution in [2.75, 3.05) is 11.9 Å². The van der Waals surface area contributed by atoms with Crippen molar-refractivity contribution in [1.29, 1.82) is 0 Å². The largest absolute Gasteiger partial charge is 0.338 e. The summed E-state index contributed by atoms with van der Waals surface area (Å²) in [6, 6.07) is 3.42. The van der Waals surface area contributed by atoms with Crippen molar-refractivity contribution in [2.45, 2.75) is 39.2 Å². The Morgan fingerprint density at radius 1 is 1.41 bits per heavy atom. The summed E-state index contributed by atoms with van der Waals surface area (Å²) in [5, 5.41) is 8.18. The average molecular weight is 304 g/mol. The molecule has 6 nitrogen and oxygen atoms in total. The number of hydrogen-bond donors (Lipinski definition) is 3. The molecule has 1 atom stereocenters. The van der Waals surface area contributed by atoms with Gasteiger partial charge in [0.05, 0.1) is 0 Å². The molecule has 0 saturated heterocycles. The lowest BCUT2D eigenvalue weighted by Gasteiger charge is -2.15. The first-order valence-electron chi connectivity index (χ1n) is 7.43. The molecule has 0 aliphatic rings. The molecule has 3 N–H and O–H groups in total. The third kappa shape index (κ3) is 6.88. The highest BCUT2D eigenvalue weighted by molar-refractivity contribution is 5.90. The third-order valence-electron chi connectivity index (χ3n) is 3.10. The van der Waals surface area contributed by atoms with Crippen LogP contribution in [0.4, 0.5) is 10.6 Å². The van der Waals surface area contributed by atoms with Gasteiger partial charge in [-0.15, -0.1) is 6.58 Å². The number of carbonyl (C=O) groups excluding carboxylic acids is 2. The summed E-state index contributed by atoms with van der Waals surface area (Å²) in [6.45, 7) is 7.85. The Labute approximate surface area is 131 Å². The maximum absolute atomic E-state index is 11.7. The van der Waals surface area contributed by atoms with Gasteiger partial charge in [-0.05, 0) is 31.4 Å². The quantitative estimate of drug-likeness (QED) is 0.645. The topological polar surface area (TPSA) is 83.1 Å². The van der Waals surface area contributed by atoms with Gasteiger partial charge in [0.1, 0.15) is 5.82 Å². The molecule has 1 aromatic heterocycles. The molecular weight excluding hydrogens is 280 g/mol. The van der Waals surface area contributed by atoms with E-state index in [0.717, 1.165) is 18.4 Å². The van der Waals surface area contributed by atoms with E-state index in [2.05, 4.69) is 27.5 Å². The predicted octanol–water partition coefficient (Wildman–Crippen LogP) is 2.37. The fourth-order valence-corrected chi connectivity index (χ4v) is 1.80. The van der Waals surface area contributed by atoms with Crippen molar-refractivity contribution >= 4 is 17.8 Å². The molecule has 6 heteroatoms. The first kappa shape index (κ1) is 17.7. The van der Waals surface area contributed by atoms with Crippen LogP contribution in [-0.2, 0) is 4.79 Å². The Hall–Kier alpha value is -2.37. The molecule has 0 bridgehead atoms. The first-order chi connectivity index (χ1) is 10.5. The number of nitrogens with zero attached hydrogens (tertiary/aromatic N) is 1. The van der Waals surface area contributed by atoms with E-state index in [4.69, 9.17) is 0 Å². The Balaban J connectivity index is 2.25. The minimum Gasteiger partial charge on any atom is -0.338 e. The standard InChI is InChI=1S/C16H24N4O2/c1-4-6-13(5-2)19-16(22)17-10-9-15(21)20-14-8-7-12(3)11-18-14/h4,7-8,11,13H,1,5-6,9-10H2,2-3H3,(H2,17,19,22)(H,18,20,21)/t13-/m1/s1. The van der Waals surface area contributed by atoms with Gasteiger partial charge >= 0.3 is 6.03 Å². The van der Waals surface area contributed by atoms with Gasteiger partial charge in [0.25, 0.3) is 0 Å². The highest BCUT2D eigenvalue weighted by Crippen LogP contribution is 2.04. The lowest BCUT2D eigenvalue weighted by atomic mass is 10.1. The number of hydrogen-bond acceptors (Lipinski definition) is 3. The van der Waals surface area contributed by atoms with Crippen LogP contribution in [0.1, 0.15) is 31.7 Å². The normalized spacial score (nSPS) is 11.4. The van der Waals surface area contributed by atoms with Gasteiger partial charge in [-0.3, -0.25) is 4.79 Å². The number of anilines is 1. The number of amides is 3. The number of rotatable bonds is 8. The Bertz CT molecular complexity index is 499. The van der Waals surface area contributed by atoms with Gasteiger partial charge in [-0.2, -0.15) is 0 Å². The zero-order valence-corrected chi connectivity index (χ0v) is 13.2. The zero-order chi connectivity index (χ0) is 16.4. The number of aromatic nitrogens is 1. The first-order valence-corrected chi connectivity index (χ1v) is 7.43. The summed E-state index contributed by atoms with van der Waals surface area (Å²) in [7, 11) is 0. The van der Waals surface area contributed by atoms with Crippen molar-refractivity contribution < 1.29 is 9.59 Å². The molecule has 0 aliphatic carbocycles. The second-order valence-electron chi connectivity index (χ2n) is 5.05. The monoisotopic (exact) mass is 304 g/mol. The van der Waals surface area contributed by atoms with Crippen LogP contribution in [0, 0.1) is 6.92 Å². The molecule has 0 spiro atoms. The van der Waals surface area contributed by atoms with Gasteiger partial charge < -0.3 is 16.0 Å². The van der Waals surface area contributed by atoms with E-state index < -0.39 is 0 Å². The predicted molar refractivity (Wildman–Crippen MR) is 87.6 cm³/mol. The maximum Gasteiger partial charge on any atom is 0.315 e. The van der Waals surface area contributed by atoms with Crippen molar-refractivity contribution in [3.8, 4) is 0 Å². The van der Waals surface area contributed by atoms with Gasteiger partial charge in [0.2, 0.25) is 5.91 Å². The number of urea groups is 1. The summed E-state index contributed by atoms with van der Waals surface area (Å²) in [5.74, 6) is 0.326. The minimum atomic E-state index is -0.269. The van der Waals surface area contributed by atoms with Gasteiger partial charge in [0, 0.05) is 25.2 Å². The highest BCUT2D eigenvalue weighted by atomic mass is 16.2. The average Bonchev–Trinajstić information content (AvgIpc) is 2.49. The second-order valence-corrected chi connectivity index (χ2v) is 5.05. The molecule has 0 aromatic carbocycles. The molecule has 1 aromatic rings. The molecule has 0 saturated carbocycles. The Morgan fingerprint density at radius 2 is 2.18 bits per heavy atom. The summed E-state index contributed by atoms with van der Waals surface area (Å²) in [4.78, 5) is 27.5. The van der Waals surface area contributed by atoms with E-state index >= 15 is 0 Å². The third-order valence-corrected chi connectivity index (χ3v) is 3.10. The summed E-state index contributed by atoms with van der Waals surface area (Å²) in [6.07, 6.45) is 5.21. The zero-order valence-electron chi connectivity index (χ0n) is 13.2. The van der Waals surface area contributed by atoms with Crippen LogP contribution in [0.15, 0.2) is 31.0 Å². The van der Waals surface area contributed by atoms with E-state index in [1.807, 2.05) is 19.9 Å². The van der Waals surface area contributed by atoms with Crippen molar-refractivity contribution in [1.82, 2.24) is 15.6 Å². The SMILES string of the molecule is C=CC[C@@H](CC)NC(=O)NCCC(=O)Nc1ccc(C)cn1. The molecule has 1 heterocycles. The molecule has 0 unspecified atom stereocenters. The van der Waals surface area contributed by atoms with Gasteiger partial charge in [-0.25, -0.2) is 9.78 Å². The molecule has 0 radical (unpaired) electrons. The van der Waals surface area contributed by atoms with Crippen LogP contribution in [-0.4, -0.2) is 29.5 Å². The summed E-state index contributed by atoms with van der Waals surface area (Å²) < 4.78 is 0. The van der Waals surface area contributed by atoms with E-state index in [1.54, 1.807) is 18.3 Å². The van der Waals surface area contributed by atoms with E-state index in [0.29, 0.717) is 5.82 Å². The molecule has 120 valence electrons. The van der Waals surface area contributed by atoms with Crippen molar-refractivity contribution in [3.05, 3.63) is 36.5 Å². The second kappa shape index (κ2) is 9.55. The number of carbonyl (C=O) groups is 2. The fraction of sp³-hybridized carbons (Fsp3) is 0.438. The number of pyridine rings is 1. The van der Waals surface area contributed by atoms with E-state index in [1.165, 1.54) is 0 Å². The molecule has 1 rings (SSSR count). The highest BCUT2D eigenvalue weighted by Gasteiger charge is 2.09. The van der Waals surface area contributed by atoms with Crippen LogP contribution in [0.5, 0.6) is 0 Å². The van der Waals surface area contributed by atoms with Crippen LogP contribution in [0.25, 0.3) is 0 Å². The molecule has 22 heavy (non-hydrogen) atoms. The van der Waals surface area contributed by atoms with E-state index in [9.17, 15) is 9.59 Å². The summed E-state index contributed by atoms with van der Waals surface area (Å²) >= 11 is 0. The van der Waals surface area contributed by atoms with Crippen LogP contribution < -0.4 is 16.0 Å². The van der Waals surface area contributed by atoms with Crippen molar-refractivity contribution in [2.24, 2.45) is 0 Å². The summed E-state index contributed by atoms with van der Waals surface area (Å²) in [5.41, 5.74) is 1.03. The Morgan fingerprint density at radius 3 is 2.77 bits per heavy atom. The van der Waals surface area contributed by atoms with E-state index in [-0.39, 0.29) is 30.9 Å². The molecule has 0 fully saturated rings. The molecule has 0 aliphatic heterocycles. The fourth-order valence-electron chi connectivity index (χ4n) is 1.80. The van der Waals surface area contributed by atoms with Crippen LogP contribution in [0.3, 0.4) is 0 Å². The van der Waals surface area contributed by atoms with Gasteiger partial charge in [-0.1, -0.05) is 19.1 Å². The number of aryl methyl sites for hydroxylation is 1. The van der Waals surface area contributed by atoms with Crippen LogP contribution >= 0.6 is 0 Å². The maximum atomic E-state index is 11.7. The minimum absolute atomic E-state index is 0.0723. The molecular formula is C16H24N4O2. The lowest BCUT2D eigenvalue weighted by molar-refractivity contribution is -0.116. The van der Waals surface area contributed by atoms with Crippen molar-refractivity contribution in [3.63, 3.8) is 0 Å². The number of nitrogens with one attached hydrogen (secondary N) is 3. The Kier molecular flexibility index (Phi) is 7.67. The smallest absolute Gasteiger partial charge is 0.315 e.